The Morgan fingerprint density at radius 2 is 0.707 bits per heavy atom. The summed E-state index contributed by atoms with van der Waals surface area (Å²) >= 11 is 0. The first-order valence-electron chi connectivity index (χ1n) is 13.5. The SMILES string of the molecule is C=COC(=O)OCCOCCOCCOCCOCCOCCOCCOCCOCCOCCOC(=O)C(=C)C. The summed E-state index contributed by atoms with van der Waals surface area (Å²) in [5.74, 6) is -0.418. The fourth-order valence-electron chi connectivity index (χ4n) is 2.46. The summed E-state index contributed by atoms with van der Waals surface area (Å²) in [6.07, 6.45) is 0.188. The lowest BCUT2D eigenvalue weighted by molar-refractivity contribution is -0.140. The Bertz CT molecular complexity index is 631. The Labute approximate surface area is 243 Å². The van der Waals surface area contributed by atoms with Crippen LogP contribution in [0.25, 0.3) is 0 Å². The maximum atomic E-state index is 11.2. The zero-order chi connectivity index (χ0) is 30.1. The van der Waals surface area contributed by atoms with Crippen LogP contribution in [-0.4, -0.2) is 144 Å². The van der Waals surface area contributed by atoms with Crippen LogP contribution in [0.2, 0.25) is 0 Å². The van der Waals surface area contributed by atoms with E-state index in [9.17, 15) is 9.59 Å². The van der Waals surface area contributed by atoms with Gasteiger partial charge in [0.15, 0.2) is 0 Å². The highest BCUT2D eigenvalue weighted by molar-refractivity contribution is 5.86. The van der Waals surface area contributed by atoms with Gasteiger partial charge in [0.1, 0.15) is 13.2 Å². The van der Waals surface area contributed by atoms with Crippen LogP contribution in [0, 0.1) is 0 Å². The quantitative estimate of drug-likeness (QED) is 0.0479. The second kappa shape index (κ2) is 32.4. The second-order valence-corrected chi connectivity index (χ2v) is 7.81. The Hall–Kier alpha value is -2.14. The molecule has 14 nitrogen and oxygen atoms in total. The molecule has 0 aliphatic rings. The van der Waals surface area contributed by atoms with Crippen LogP contribution in [0.5, 0.6) is 0 Å². The van der Waals surface area contributed by atoms with Gasteiger partial charge in [-0.25, -0.2) is 9.59 Å². The normalized spacial score (nSPS) is 10.9. The van der Waals surface area contributed by atoms with Crippen molar-refractivity contribution in [2.75, 3.05) is 132 Å². The molecule has 0 saturated heterocycles. The van der Waals surface area contributed by atoms with E-state index in [0.29, 0.717) is 118 Å². The van der Waals surface area contributed by atoms with E-state index >= 15 is 0 Å². The van der Waals surface area contributed by atoms with Crippen LogP contribution in [0.3, 0.4) is 0 Å². The molecule has 0 fully saturated rings. The number of esters is 1. The number of hydrogen-bond acceptors (Lipinski definition) is 14. The monoisotopic (exact) mass is 596 g/mol. The van der Waals surface area contributed by atoms with Gasteiger partial charge in [0.2, 0.25) is 0 Å². The minimum absolute atomic E-state index is 0.0991. The van der Waals surface area contributed by atoms with E-state index in [1.807, 2.05) is 0 Å². The van der Waals surface area contributed by atoms with Gasteiger partial charge in [-0.2, -0.15) is 0 Å². The van der Waals surface area contributed by atoms with Gasteiger partial charge < -0.3 is 56.8 Å². The first-order valence-corrected chi connectivity index (χ1v) is 13.5. The van der Waals surface area contributed by atoms with Crippen LogP contribution in [0.15, 0.2) is 25.0 Å². The van der Waals surface area contributed by atoms with Gasteiger partial charge in [-0.3, -0.25) is 0 Å². The molecule has 0 N–H and O–H groups in total. The molecular formula is C27H48O14. The molecule has 0 saturated carbocycles. The first-order chi connectivity index (χ1) is 20.1. The molecule has 0 radical (unpaired) electrons. The zero-order valence-corrected chi connectivity index (χ0v) is 24.3. The van der Waals surface area contributed by atoms with Crippen molar-refractivity contribution >= 4 is 12.1 Å². The largest absolute Gasteiger partial charge is 0.513 e. The smallest absolute Gasteiger partial charge is 0.460 e. The number of rotatable bonds is 32. The molecule has 0 atom stereocenters. The summed E-state index contributed by atoms with van der Waals surface area (Å²) in [4.78, 5) is 22.0. The van der Waals surface area contributed by atoms with Gasteiger partial charge in [-0.15, -0.1) is 0 Å². The van der Waals surface area contributed by atoms with E-state index in [1.165, 1.54) is 0 Å². The van der Waals surface area contributed by atoms with Gasteiger partial charge in [0.05, 0.1) is 125 Å². The van der Waals surface area contributed by atoms with Crippen LogP contribution in [0.1, 0.15) is 6.92 Å². The van der Waals surface area contributed by atoms with E-state index < -0.39 is 12.1 Å². The summed E-state index contributed by atoms with van der Waals surface area (Å²) in [6.45, 7) is 16.5. The lowest BCUT2D eigenvalue weighted by Gasteiger charge is -2.09. The standard InChI is InChI=1S/C27H48O14/c1-4-39-27(29)41-24-22-38-20-18-36-16-14-34-12-10-32-8-6-30-5-7-31-9-11-33-13-15-35-17-19-37-21-23-40-26(28)25(2)3/h4H,1-2,5-24H2,3H3. The predicted octanol–water partition coefficient (Wildman–Crippen LogP) is 1.55. The third-order valence-electron chi connectivity index (χ3n) is 4.41. The Balaban J connectivity index is 3.09. The van der Waals surface area contributed by atoms with Crippen molar-refractivity contribution in [3.05, 3.63) is 25.0 Å². The average Bonchev–Trinajstić information content (AvgIpc) is 2.95. The molecule has 0 spiro atoms. The number of carbonyl (C=O) groups is 2. The average molecular weight is 597 g/mol. The molecular weight excluding hydrogens is 548 g/mol. The summed E-state index contributed by atoms with van der Waals surface area (Å²) in [6, 6.07) is 0. The molecule has 0 aliphatic carbocycles. The number of ether oxygens (including phenoxy) is 12. The Morgan fingerprint density at radius 3 is 0.951 bits per heavy atom. The van der Waals surface area contributed by atoms with E-state index in [4.69, 9.17) is 47.4 Å². The summed E-state index contributed by atoms with van der Waals surface area (Å²) in [5.41, 5.74) is 0.365. The van der Waals surface area contributed by atoms with Crippen LogP contribution >= 0.6 is 0 Å². The minimum Gasteiger partial charge on any atom is -0.460 e. The highest BCUT2D eigenvalue weighted by atomic mass is 16.7. The third kappa shape index (κ3) is 32.2. The fraction of sp³-hybridized carbons (Fsp3) is 0.778. The Morgan fingerprint density at radius 1 is 0.463 bits per heavy atom. The molecule has 0 aromatic heterocycles. The van der Waals surface area contributed by atoms with Gasteiger partial charge >= 0.3 is 12.1 Å². The van der Waals surface area contributed by atoms with Crippen molar-refractivity contribution in [3.63, 3.8) is 0 Å². The summed E-state index contributed by atoms with van der Waals surface area (Å²) in [5, 5.41) is 0. The van der Waals surface area contributed by atoms with Crippen LogP contribution in [0.4, 0.5) is 4.79 Å². The summed E-state index contributed by atoms with van der Waals surface area (Å²) in [7, 11) is 0. The van der Waals surface area contributed by atoms with E-state index in [1.54, 1.807) is 6.92 Å². The molecule has 0 bridgehead atoms. The maximum absolute atomic E-state index is 11.2. The molecule has 0 aliphatic heterocycles. The van der Waals surface area contributed by atoms with Crippen molar-refractivity contribution in [2.24, 2.45) is 0 Å². The summed E-state index contributed by atoms with van der Waals surface area (Å²) < 4.78 is 62.4. The molecule has 240 valence electrons. The van der Waals surface area contributed by atoms with Gasteiger partial charge in [0.25, 0.3) is 0 Å². The predicted molar refractivity (Wildman–Crippen MR) is 146 cm³/mol. The molecule has 0 aromatic carbocycles. The van der Waals surface area contributed by atoms with E-state index in [0.717, 1.165) is 6.26 Å². The fourth-order valence-corrected chi connectivity index (χ4v) is 2.46. The lowest BCUT2D eigenvalue weighted by atomic mass is 10.4. The lowest BCUT2D eigenvalue weighted by Crippen LogP contribution is -2.16. The molecule has 41 heavy (non-hydrogen) atoms. The van der Waals surface area contributed by atoms with Gasteiger partial charge in [-0.05, 0) is 6.92 Å². The Kier molecular flexibility index (Phi) is 30.7. The topological polar surface area (TPSA) is 145 Å². The number of carbonyl (C=O) groups excluding carboxylic acids is 2. The van der Waals surface area contributed by atoms with Crippen molar-refractivity contribution in [1.82, 2.24) is 0 Å². The van der Waals surface area contributed by atoms with Crippen molar-refractivity contribution in [2.45, 2.75) is 6.92 Å². The van der Waals surface area contributed by atoms with Crippen LogP contribution < -0.4 is 0 Å². The second-order valence-electron chi connectivity index (χ2n) is 7.81. The zero-order valence-electron chi connectivity index (χ0n) is 24.3. The minimum atomic E-state index is -0.810. The first kappa shape index (κ1) is 38.9. The molecule has 0 amide bonds. The van der Waals surface area contributed by atoms with Gasteiger partial charge in [0, 0.05) is 5.57 Å². The molecule has 0 rings (SSSR count). The molecule has 0 heterocycles. The van der Waals surface area contributed by atoms with Crippen molar-refractivity contribution in [3.8, 4) is 0 Å². The third-order valence-corrected chi connectivity index (χ3v) is 4.41. The van der Waals surface area contributed by atoms with E-state index in [-0.39, 0.29) is 19.8 Å². The maximum Gasteiger partial charge on any atom is 0.513 e. The molecule has 0 unspecified atom stereocenters. The van der Waals surface area contributed by atoms with E-state index in [2.05, 4.69) is 22.6 Å². The molecule has 14 heteroatoms. The van der Waals surface area contributed by atoms with Crippen LogP contribution in [-0.2, 0) is 61.6 Å². The molecule has 0 aromatic rings. The van der Waals surface area contributed by atoms with Crippen molar-refractivity contribution < 1.29 is 66.4 Å². The highest BCUT2D eigenvalue weighted by Gasteiger charge is 2.02. The van der Waals surface area contributed by atoms with Gasteiger partial charge in [-0.1, -0.05) is 13.2 Å². The highest BCUT2D eigenvalue weighted by Crippen LogP contribution is 1.92. The number of hydrogen-bond donors (Lipinski definition) is 0. The van der Waals surface area contributed by atoms with Crippen molar-refractivity contribution in [1.29, 1.82) is 0 Å².